The van der Waals surface area contributed by atoms with E-state index in [0.29, 0.717) is 0 Å². The molecule has 0 aromatic heterocycles. The maximum atomic E-state index is 9.63. The Morgan fingerprint density at radius 1 is 1.06 bits per heavy atom. The van der Waals surface area contributed by atoms with Crippen molar-refractivity contribution in [1.82, 2.24) is 9.80 Å². The summed E-state index contributed by atoms with van der Waals surface area (Å²) >= 11 is 0. The number of hydrogen-bond donors (Lipinski definition) is 0. The number of likely N-dealkylation sites (tertiary alicyclic amines) is 2. The van der Waals surface area contributed by atoms with Crippen molar-refractivity contribution in [3.63, 3.8) is 0 Å². The Morgan fingerprint density at radius 3 is 2.47 bits per heavy atom. The van der Waals surface area contributed by atoms with E-state index in [4.69, 9.17) is 0 Å². The monoisotopic (exact) mass is 235 g/mol. The molecule has 3 nitrogen and oxygen atoms in total. The van der Waals surface area contributed by atoms with Crippen LogP contribution in [0.3, 0.4) is 0 Å². The highest BCUT2D eigenvalue weighted by Crippen LogP contribution is 2.31. The summed E-state index contributed by atoms with van der Waals surface area (Å²) in [5.41, 5.74) is -0.140. The molecular formula is C14H25N3. The molecule has 96 valence electrons. The summed E-state index contributed by atoms with van der Waals surface area (Å²) in [6.07, 6.45) is 7.09. The Labute approximate surface area is 105 Å². The number of rotatable bonds is 3. The molecule has 0 spiro atoms. The first-order valence-corrected chi connectivity index (χ1v) is 7.19. The van der Waals surface area contributed by atoms with Crippen LogP contribution in [0.2, 0.25) is 0 Å². The summed E-state index contributed by atoms with van der Waals surface area (Å²) in [6.45, 7) is 8.01. The quantitative estimate of drug-likeness (QED) is 0.751. The van der Waals surface area contributed by atoms with Crippen molar-refractivity contribution in [2.24, 2.45) is 0 Å². The second-order valence-electron chi connectivity index (χ2n) is 5.53. The number of nitriles is 1. The fraction of sp³-hybridized carbons (Fsp3) is 0.929. The zero-order valence-electron chi connectivity index (χ0n) is 11.1. The largest absolute Gasteiger partial charge is 0.303 e. The van der Waals surface area contributed by atoms with Crippen molar-refractivity contribution in [3.8, 4) is 6.07 Å². The van der Waals surface area contributed by atoms with E-state index in [9.17, 15) is 5.26 Å². The van der Waals surface area contributed by atoms with Gasteiger partial charge >= 0.3 is 0 Å². The van der Waals surface area contributed by atoms with Crippen LogP contribution in [0.15, 0.2) is 0 Å². The molecule has 1 atom stereocenters. The van der Waals surface area contributed by atoms with Gasteiger partial charge in [-0.15, -0.1) is 0 Å². The highest BCUT2D eigenvalue weighted by Gasteiger charge is 2.39. The Hall–Kier alpha value is -0.590. The second-order valence-corrected chi connectivity index (χ2v) is 5.53. The SMILES string of the molecule is CCCN1CCCC(C#N)(N2CCCC2)CC1. The maximum absolute atomic E-state index is 9.63. The third kappa shape index (κ3) is 2.81. The standard InChI is InChI=1S/C14H25N3/c1-2-8-16-9-5-6-14(13-15,7-12-16)17-10-3-4-11-17/h2-12H2,1H3. The van der Waals surface area contributed by atoms with Gasteiger partial charge in [0.2, 0.25) is 0 Å². The summed E-state index contributed by atoms with van der Waals surface area (Å²) in [5, 5.41) is 9.63. The van der Waals surface area contributed by atoms with Crippen LogP contribution < -0.4 is 0 Å². The molecule has 0 aliphatic carbocycles. The third-order valence-electron chi connectivity index (χ3n) is 4.37. The van der Waals surface area contributed by atoms with Crippen LogP contribution in [0.5, 0.6) is 0 Å². The van der Waals surface area contributed by atoms with Gasteiger partial charge in [0.1, 0.15) is 5.54 Å². The average molecular weight is 235 g/mol. The molecule has 2 rings (SSSR count). The molecule has 2 fully saturated rings. The van der Waals surface area contributed by atoms with Gasteiger partial charge < -0.3 is 4.90 Å². The van der Waals surface area contributed by atoms with Gasteiger partial charge in [-0.3, -0.25) is 4.90 Å². The summed E-state index contributed by atoms with van der Waals surface area (Å²) in [7, 11) is 0. The van der Waals surface area contributed by atoms with Gasteiger partial charge in [-0.05, 0) is 64.7 Å². The van der Waals surface area contributed by atoms with E-state index in [1.807, 2.05) is 0 Å². The third-order valence-corrected chi connectivity index (χ3v) is 4.37. The Morgan fingerprint density at radius 2 is 1.82 bits per heavy atom. The van der Waals surface area contributed by atoms with Crippen molar-refractivity contribution < 1.29 is 0 Å². The minimum Gasteiger partial charge on any atom is -0.303 e. The molecule has 3 heteroatoms. The normalized spacial score (nSPS) is 32.2. The Balaban J connectivity index is 2.01. The molecule has 17 heavy (non-hydrogen) atoms. The Kier molecular flexibility index (Phi) is 4.42. The molecule has 1 unspecified atom stereocenters. The number of hydrogen-bond acceptors (Lipinski definition) is 3. The second kappa shape index (κ2) is 5.84. The van der Waals surface area contributed by atoms with Crippen LogP contribution in [0.1, 0.15) is 45.4 Å². The van der Waals surface area contributed by atoms with Crippen LogP contribution in [0.4, 0.5) is 0 Å². The maximum Gasteiger partial charge on any atom is 0.110 e. The van der Waals surface area contributed by atoms with E-state index < -0.39 is 0 Å². The first-order valence-electron chi connectivity index (χ1n) is 7.19. The molecule has 0 aromatic rings. The van der Waals surface area contributed by atoms with Crippen molar-refractivity contribution in [1.29, 1.82) is 5.26 Å². The predicted octanol–water partition coefficient (Wildman–Crippen LogP) is 2.24. The van der Waals surface area contributed by atoms with E-state index >= 15 is 0 Å². The van der Waals surface area contributed by atoms with Gasteiger partial charge in [0.25, 0.3) is 0 Å². The molecule has 0 aromatic carbocycles. The lowest BCUT2D eigenvalue weighted by Gasteiger charge is -2.35. The van der Waals surface area contributed by atoms with Crippen LogP contribution in [0.25, 0.3) is 0 Å². The molecule has 0 N–H and O–H groups in total. The van der Waals surface area contributed by atoms with Crippen molar-refractivity contribution in [2.75, 3.05) is 32.7 Å². The summed E-state index contributed by atoms with van der Waals surface area (Å²) in [6, 6.07) is 2.66. The molecule has 0 radical (unpaired) electrons. The number of nitrogens with zero attached hydrogens (tertiary/aromatic N) is 3. The molecule has 0 saturated carbocycles. The topological polar surface area (TPSA) is 30.3 Å². The van der Waals surface area contributed by atoms with Crippen molar-refractivity contribution in [3.05, 3.63) is 0 Å². The Bertz CT molecular complexity index is 278. The first-order chi connectivity index (χ1) is 8.30. The fourth-order valence-corrected chi connectivity index (χ4v) is 3.36. The van der Waals surface area contributed by atoms with Crippen LogP contribution in [0, 0.1) is 11.3 Å². The summed E-state index contributed by atoms with van der Waals surface area (Å²) in [5.74, 6) is 0. The molecule has 2 heterocycles. The van der Waals surface area contributed by atoms with E-state index in [-0.39, 0.29) is 5.54 Å². The molecular weight excluding hydrogens is 210 g/mol. The van der Waals surface area contributed by atoms with E-state index in [1.165, 1.54) is 38.8 Å². The van der Waals surface area contributed by atoms with Gasteiger partial charge in [0.15, 0.2) is 0 Å². The van der Waals surface area contributed by atoms with E-state index in [0.717, 1.165) is 32.5 Å². The molecule has 2 aliphatic heterocycles. The van der Waals surface area contributed by atoms with Gasteiger partial charge in [-0.1, -0.05) is 6.92 Å². The van der Waals surface area contributed by atoms with Crippen LogP contribution in [-0.2, 0) is 0 Å². The molecule has 2 aliphatic rings. The van der Waals surface area contributed by atoms with Crippen molar-refractivity contribution >= 4 is 0 Å². The first kappa shape index (κ1) is 12.9. The highest BCUT2D eigenvalue weighted by atomic mass is 15.2. The van der Waals surface area contributed by atoms with E-state index in [1.54, 1.807) is 0 Å². The lowest BCUT2D eigenvalue weighted by atomic mass is 9.90. The van der Waals surface area contributed by atoms with Gasteiger partial charge in [-0.25, -0.2) is 0 Å². The zero-order valence-corrected chi connectivity index (χ0v) is 11.1. The fourth-order valence-electron chi connectivity index (χ4n) is 3.36. The lowest BCUT2D eigenvalue weighted by molar-refractivity contribution is 0.151. The minimum absolute atomic E-state index is 0.140. The van der Waals surface area contributed by atoms with Gasteiger partial charge in [0.05, 0.1) is 6.07 Å². The van der Waals surface area contributed by atoms with Crippen molar-refractivity contribution in [2.45, 2.75) is 51.0 Å². The zero-order chi connectivity index (χ0) is 12.1. The van der Waals surface area contributed by atoms with Crippen LogP contribution in [-0.4, -0.2) is 48.1 Å². The molecule has 0 bridgehead atoms. The predicted molar refractivity (Wildman–Crippen MR) is 69.7 cm³/mol. The molecule has 2 saturated heterocycles. The van der Waals surface area contributed by atoms with Crippen LogP contribution >= 0.6 is 0 Å². The smallest absolute Gasteiger partial charge is 0.110 e. The highest BCUT2D eigenvalue weighted by molar-refractivity contribution is 5.10. The minimum atomic E-state index is -0.140. The van der Waals surface area contributed by atoms with E-state index in [2.05, 4.69) is 22.8 Å². The molecule has 0 amide bonds. The summed E-state index contributed by atoms with van der Waals surface area (Å²) < 4.78 is 0. The van der Waals surface area contributed by atoms with Gasteiger partial charge in [0, 0.05) is 6.54 Å². The summed E-state index contributed by atoms with van der Waals surface area (Å²) in [4.78, 5) is 5.00. The van der Waals surface area contributed by atoms with Gasteiger partial charge in [-0.2, -0.15) is 5.26 Å². The lowest BCUT2D eigenvalue weighted by Crippen LogP contribution is -2.46. The average Bonchev–Trinajstić information content (AvgIpc) is 2.80.